The highest BCUT2D eigenvalue weighted by Crippen LogP contribution is 2.44. The average Bonchev–Trinajstić information content (AvgIpc) is 3.39. The van der Waals surface area contributed by atoms with Gasteiger partial charge < -0.3 is 26.2 Å². The normalized spacial score (nSPS) is 13.7. The molecule has 43 heavy (non-hydrogen) atoms. The number of nitrogens with two attached hydrogens (primary N) is 1. The van der Waals surface area contributed by atoms with Crippen LogP contribution < -0.4 is 21.1 Å². The van der Waals surface area contributed by atoms with Crippen LogP contribution in [0.15, 0.2) is 47.8 Å². The number of hydrogen-bond acceptors (Lipinski definition) is 7. The highest BCUT2D eigenvalue weighted by molar-refractivity contribution is 7.13. The van der Waals surface area contributed by atoms with Crippen molar-refractivity contribution in [3.05, 3.63) is 87.0 Å². The number of carboxylic acids is 1. The molecule has 5 N–H and O–H groups in total. The Morgan fingerprint density at radius 2 is 1.79 bits per heavy atom. The third-order valence-electron chi connectivity index (χ3n) is 7.41. The summed E-state index contributed by atoms with van der Waals surface area (Å²) in [7, 11) is 0. The number of thiophene rings is 1. The molecule has 0 spiro atoms. The number of rotatable bonds is 8. The summed E-state index contributed by atoms with van der Waals surface area (Å²) in [4.78, 5) is 44.4. The minimum Gasteiger partial charge on any atom is -0.490 e. The lowest BCUT2D eigenvalue weighted by atomic mass is 9.93. The molecule has 0 saturated carbocycles. The van der Waals surface area contributed by atoms with Gasteiger partial charge in [-0.3, -0.25) is 9.59 Å². The lowest BCUT2D eigenvalue weighted by Crippen LogP contribution is -2.25. The number of aromatic carboxylic acids is 1. The Kier molecular flexibility index (Phi) is 8.61. The van der Waals surface area contributed by atoms with Crippen LogP contribution >= 0.6 is 11.3 Å². The second kappa shape index (κ2) is 12.4. The van der Waals surface area contributed by atoms with Crippen molar-refractivity contribution in [2.45, 2.75) is 53.2 Å². The molecule has 0 fully saturated rings. The number of carboxylic acid groups (broad SMARTS) is 1. The van der Waals surface area contributed by atoms with Crippen molar-refractivity contribution < 1.29 is 24.2 Å². The van der Waals surface area contributed by atoms with E-state index in [1.54, 1.807) is 23.5 Å². The van der Waals surface area contributed by atoms with Crippen LogP contribution in [0, 0.1) is 13.8 Å². The molecular weight excluding hydrogens is 564 g/mol. The standard InChI is InChI=1S/C33H34N4O5S/c1-5-9-35-32(39)26-7-6-22(29(36-26)33(40)41)23-15-27-25(30-21(8-10-43-30)13-19(4)42-27)14-24(23)31(38)37-28-17(2)11-20(16-34)12-18(28)3/h6-8,10-12,14-15,19H,5,9,13,16,34H2,1-4H3,(H,35,39)(H,37,38)(H,40,41)/t19-/m1/s1. The molecule has 0 unspecified atom stereocenters. The maximum absolute atomic E-state index is 14.1. The number of carbonyl (C=O) groups is 3. The summed E-state index contributed by atoms with van der Waals surface area (Å²) in [6, 6.07) is 12.4. The highest BCUT2D eigenvalue weighted by atomic mass is 32.1. The summed E-state index contributed by atoms with van der Waals surface area (Å²) in [6.45, 7) is 8.52. The summed E-state index contributed by atoms with van der Waals surface area (Å²) in [5, 5.41) is 18.0. The SMILES string of the molecule is CCCNC(=O)c1ccc(-c2cc3c(cc2C(=O)Nc2c(C)cc(CN)cc2C)-c2sccc2C[C@@H](C)O3)c(C(=O)O)n1. The van der Waals surface area contributed by atoms with Crippen molar-refractivity contribution in [2.75, 3.05) is 11.9 Å². The van der Waals surface area contributed by atoms with Crippen LogP contribution in [0.2, 0.25) is 0 Å². The number of benzene rings is 2. The fraction of sp³-hybridized carbons (Fsp3) is 0.273. The Balaban J connectivity index is 1.70. The molecule has 0 radical (unpaired) electrons. The van der Waals surface area contributed by atoms with E-state index < -0.39 is 17.8 Å². The first-order valence-corrected chi connectivity index (χ1v) is 15.0. The van der Waals surface area contributed by atoms with Gasteiger partial charge in [0, 0.05) is 52.3 Å². The minimum absolute atomic E-state index is 0.0188. The molecule has 5 rings (SSSR count). The van der Waals surface area contributed by atoms with Gasteiger partial charge in [0.1, 0.15) is 17.5 Å². The minimum atomic E-state index is -1.32. The number of aromatic nitrogens is 1. The van der Waals surface area contributed by atoms with Gasteiger partial charge in [-0.25, -0.2) is 9.78 Å². The number of anilines is 1. The van der Waals surface area contributed by atoms with E-state index in [1.165, 1.54) is 12.1 Å². The number of hydrogen-bond donors (Lipinski definition) is 4. The predicted octanol–water partition coefficient (Wildman–Crippen LogP) is 5.97. The number of carbonyl (C=O) groups excluding carboxylic acids is 2. The number of pyridine rings is 1. The Labute approximate surface area is 254 Å². The predicted molar refractivity (Wildman–Crippen MR) is 168 cm³/mol. The molecule has 9 nitrogen and oxygen atoms in total. The molecule has 0 aliphatic carbocycles. The molecule has 222 valence electrons. The van der Waals surface area contributed by atoms with Crippen LogP contribution in [0.1, 0.15) is 73.9 Å². The van der Waals surface area contributed by atoms with Gasteiger partial charge in [-0.15, -0.1) is 11.3 Å². The quantitative estimate of drug-likeness (QED) is 0.196. The Morgan fingerprint density at radius 3 is 2.47 bits per heavy atom. The fourth-order valence-electron chi connectivity index (χ4n) is 5.41. The first-order chi connectivity index (χ1) is 20.6. The molecule has 2 aromatic heterocycles. The van der Waals surface area contributed by atoms with Gasteiger partial charge in [-0.1, -0.05) is 19.1 Å². The third kappa shape index (κ3) is 6.02. The van der Waals surface area contributed by atoms with E-state index in [9.17, 15) is 19.5 Å². The maximum atomic E-state index is 14.1. The van der Waals surface area contributed by atoms with E-state index in [2.05, 4.69) is 21.7 Å². The van der Waals surface area contributed by atoms with Crippen LogP contribution in [0.3, 0.4) is 0 Å². The monoisotopic (exact) mass is 598 g/mol. The lowest BCUT2D eigenvalue weighted by molar-refractivity contribution is 0.0691. The summed E-state index contributed by atoms with van der Waals surface area (Å²) in [6.07, 6.45) is 1.27. The molecule has 2 aromatic carbocycles. The summed E-state index contributed by atoms with van der Waals surface area (Å²) in [5.41, 5.74) is 11.5. The first-order valence-electron chi connectivity index (χ1n) is 14.2. The van der Waals surface area contributed by atoms with Crippen molar-refractivity contribution in [3.8, 4) is 27.3 Å². The summed E-state index contributed by atoms with van der Waals surface area (Å²) >= 11 is 1.56. The smallest absolute Gasteiger partial charge is 0.355 e. The number of ether oxygens (including phenoxy) is 1. The van der Waals surface area contributed by atoms with Crippen LogP contribution in [0.5, 0.6) is 5.75 Å². The van der Waals surface area contributed by atoms with E-state index in [0.717, 1.165) is 39.1 Å². The summed E-state index contributed by atoms with van der Waals surface area (Å²) < 4.78 is 6.31. The Hall–Kier alpha value is -4.54. The van der Waals surface area contributed by atoms with Crippen LogP contribution in [0.25, 0.3) is 21.6 Å². The molecule has 1 aliphatic rings. The number of nitrogens with zero attached hydrogens (tertiary/aromatic N) is 1. The topological polar surface area (TPSA) is 144 Å². The molecule has 2 amide bonds. The van der Waals surface area contributed by atoms with Crippen molar-refractivity contribution in [1.82, 2.24) is 10.3 Å². The fourth-order valence-corrected chi connectivity index (χ4v) is 6.37. The highest BCUT2D eigenvalue weighted by Gasteiger charge is 2.28. The van der Waals surface area contributed by atoms with Gasteiger partial charge in [0.15, 0.2) is 5.69 Å². The number of nitrogens with one attached hydrogen (secondary N) is 2. The van der Waals surface area contributed by atoms with E-state index in [4.69, 9.17) is 10.5 Å². The van der Waals surface area contributed by atoms with Crippen molar-refractivity contribution in [2.24, 2.45) is 5.73 Å². The van der Waals surface area contributed by atoms with Gasteiger partial charge in [-0.2, -0.15) is 0 Å². The zero-order valence-corrected chi connectivity index (χ0v) is 25.4. The molecular formula is C33H34N4O5S. The second-order valence-corrected chi connectivity index (χ2v) is 11.6. The molecule has 0 saturated heterocycles. The van der Waals surface area contributed by atoms with E-state index in [0.29, 0.717) is 36.5 Å². The van der Waals surface area contributed by atoms with Gasteiger partial charge in [-0.05, 0) is 85.2 Å². The zero-order valence-electron chi connectivity index (χ0n) is 24.5. The van der Waals surface area contributed by atoms with E-state index in [-0.39, 0.29) is 28.6 Å². The molecule has 10 heteroatoms. The largest absolute Gasteiger partial charge is 0.490 e. The molecule has 1 atom stereocenters. The summed E-state index contributed by atoms with van der Waals surface area (Å²) in [5.74, 6) is -1.66. The van der Waals surface area contributed by atoms with E-state index in [1.807, 2.05) is 45.2 Å². The van der Waals surface area contributed by atoms with Crippen molar-refractivity contribution >= 4 is 34.8 Å². The van der Waals surface area contributed by atoms with Crippen LogP contribution in [-0.2, 0) is 13.0 Å². The molecule has 0 bridgehead atoms. The second-order valence-electron chi connectivity index (χ2n) is 10.7. The zero-order chi connectivity index (χ0) is 30.8. The Morgan fingerprint density at radius 1 is 1.05 bits per heavy atom. The number of aryl methyl sites for hydroxylation is 2. The first kappa shape index (κ1) is 29.9. The van der Waals surface area contributed by atoms with Crippen LogP contribution in [-0.4, -0.2) is 40.5 Å². The lowest BCUT2D eigenvalue weighted by Gasteiger charge is -2.19. The van der Waals surface area contributed by atoms with E-state index >= 15 is 0 Å². The van der Waals surface area contributed by atoms with Crippen molar-refractivity contribution in [1.29, 1.82) is 0 Å². The Bertz CT molecular complexity index is 1720. The van der Waals surface area contributed by atoms with Gasteiger partial charge in [0.2, 0.25) is 0 Å². The number of fused-ring (bicyclic) bond motifs is 3. The van der Waals surface area contributed by atoms with Gasteiger partial charge in [0.05, 0.1) is 0 Å². The molecule has 4 aromatic rings. The number of amides is 2. The van der Waals surface area contributed by atoms with Crippen LogP contribution in [0.4, 0.5) is 5.69 Å². The average molecular weight is 599 g/mol. The molecule has 3 heterocycles. The van der Waals surface area contributed by atoms with Gasteiger partial charge in [0.25, 0.3) is 11.8 Å². The van der Waals surface area contributed by atoms with Crippen molar-refractivity contribution in [3.63, 3.8) is 0 Å². The van der Waals surface area contributed by atoms with Gasteiger partial charge >= 0.3 is 5.97 Å². The maximum Gasteiger partial charge on any atom is 0.355 e. The third-order valence-corrected chi connectivity index (χ3v) is 8.40. The molecule has 1 aliphatic heterocycles.